The minimum absolute atomic E-state index is 0.0101. The van der Waals surface area contributed by atoms with Crippen LogP contribution in [0.15, 0.2) is 12.4 Å². The zero-order valence-electron chi connectivity index (χ0n) is 10.7. The number of amides is 1. The molecule has 0 spiro atoms. The second-order valence-electron chi connectivity index (χ2n) is 5.20. The number of aromatic nitrogens is 2. The van der Waals surface area contributed by atoms with Gasteiger partial charge in [0, 0.05) is 19.3 Å². The lowest BCUT2D eigenvalue weighted by molar-refractivity contribution is 0.0616. The number of nitrogens with zero attached hydrogens (tertiary/aromatic N) is 3. The molecule has 2 atom stereocenters. The maximum Gasteiger partial charge on any atom is 0.274 e. The molecule has 17 heavy (non-hydrogen) atoms. The first-order valence-corrected chi connectivity index (χ1v) is 6.14. The molecule has 1 aromatic rings. The van der Waals surface area contributed by atoms with Crippen LogP contribution < -0.4 is 0 Å². The summed E-state index contributed by atoms with van der Waals surface area (Å²) in [6, 6.07) is 0. The second kappa shape index (κ2) is 4.82. The zero-order valence-corrected chi connectivity index (χ0v) is 10.7. The van der Waals surface area contributed by atoms with Crippen LogP contribution in [0.25, 0.3) is 0 Å². The topological polar surface area (TPSA) is 46.1 Å². The Hall–Kier alpha value is -1.45. The Bertz CT molecular complexity index is 392. The molecule has 2 heterocycles. The summed E-state index contributed by atoms with van der Waals surface area (Å²) in [5.74, 6) is 1.15. The fraction of sp³-hybridized carbons (Fsp3) is 0.615. The third-order valence-electron chi connectivity index (χ3n) is 3.16. The van der Waals surface area contributed by atoms with Crippen molar-refractivity contribution in [3.8, 4) is 0 Å². The molecule has 2 rings (SSSR count). The predicted molar refractivity (Wildman–Crippen MR) is 65.6 cm³/mol. The molecule has 0 aliphatic carbocycles. The Morgan fingerprint density at radius 2 is 1.88 bits per heavy atom. The van der Waals surface area contributed by atoms with E-state index in [1.54, 1.807) is 12.4 Å². The monoisotopic (exact) mass is 233 g/mol. The summed E-state index contributed by atoms with van der Waals surface area (Å²) in [4.78, 5) is 22.4. The summed E-state index contributed by atoms with van der Waals surface area (Å²) >= 11 is 0. The minimum atomic E-state index is 0.0101. The van der Waals surface area contributed by atoms with Crippen molar-refractivity contribution < 1.29 is 4.79 Å². The fourth-order valence-corrected chi connectivity index (χ4v) is 2.49. The van der Waals surface area contributed by atoms with Gasteiger partial charge in [-0.05, 0) is 25.2 Å². The normalized spacial score (nSPS) is 24.8. The van der Waals surface area contributed by atoms with Gasteiger partial charge in [0.2, 0.25) is 0 Å². The van der Waals surface area contributed by atoms with Crippen molar-refractivity contribution in [3.63, 3.8) is 0 Å². The molecule has 1 aromatic heterocycles. The maximum atomic E-state index is 12.2. The molecule has 1 amide bonds. The summed E-state index contributed by atoms with van der Waals surface area (Å²) in [5, 5.41) is 0. The molecule has 1 fully saturated rings. The SMILES string of the molecule is Cc1cnc(C(=O)N2CC(C)CC(C)C2)cn1. The van der Waals surface area contributed by atoms with Crippen LogP contribution in [-0.2, 0) is 0 Å². The highest BCUT2D eigenvalue weighted by Gasteiger charge is 2.26. The van der Waals surface area contributed by atoms with Gasteiger partial charge in [-0.15, -0.1) is 0 Å². The molecular weight excluding hydrogens is 214 g/mol. The highest BCUT2D eigenvalue weighted by Crippen LogP contribution is 2.21. The molecule has 4 heteroatoms. The number of aryl methyl sites for hydroxylation is 1. The van der Waals surface area contributed by atoms with Crippen LogP contribution in [0.3, 0.4) is 0 Å². The summed E-state index contributed by atoms with van der Waals surface area (Å²) < 4.78 is 0. The van der Waals surface area contributed by atoms with Crippen molar-refractivity contribution in [2.45, 2.75) is 27.2 Å². The molecule has 0 radical (unpaired) electrons. The van der Waals surface area contributed by atoms with E-state index in [0.717, 1.165) is 18.8 Å². The molecule has 0 saturated carbocycles. The van der Waals surface area contributed by atoms with Crippen molar-refractivity contribution in [3.05, 3.63) is 23.8 Å². The molecule has 0 aromatic carbocycles. The van der Waals surface area contributed by atoms with E-state index in [4.69, 9.17) is 0 Å². The van der Waals surface area contributed by atoms with Crippen LogP contribution in [0.5, 0.6) is 0 Å². The zero-order chi connectivity index (χ0) is 12.4. The van der Waals surface area contributed by atoms with Crippen molar-refractivity contribution in [2.24, 2.45) is 11.8 Å². The van der Waals surface area contributed by atoms with Gasteiger partial charge in [-0.1, -0.05) is 13.8 Å². The van der Waals surface area contributed by atoms with Crippen LogP contribution in [0.2, 0.25) is 0 Å². The Labute approximate surface area is 102 Å². The molecule has 0 N–H and O–H groups in total. The Morgan fingerprint density at radius 1 is 1.24 bits per heavy atom. The average Bonchev–Trinajstić information content (AvgIpc) is 2.28. The van der Waals surface area contributed by atoms with Crippen LogP contribution in [0.1, 0.15) is 36.5 Å². The number of hydrogen-bond acceptors (Lipinski definition) is 3. The van der Waals surface area contributed by atoms with E-state index in [0.29, 0.717) is 17.5 Å². The second-order valence-corrected chi connectivity index (χ2v) is 5.20. The molecule has 1 aliphatic heterocycles. The molecule has 2 unspecified atom stereocenters. The average molecular weight is 233 g/mol. The summed E-state index contributed by atoms with van der Waals surface area (Å²) in [7, 11) is 0. The molecule has 4 nitrogen and oxygen atoms in total. The lowest BCUT2D eigenvalue weighted by Crippen LogP contribution is -2.42. The number of hydrogen-bond donors (Lipinski definition) is 0. The van der Waals surface area contributed by atoms with E-state index >= 15 is 0 Å². The van der Waals surface area contributed by atoms with Gasteiger partial charge in [0.25, 0.3) is 5.91 Å². The van der Waals surface area contributed by atoms with Gasteiger partial charge >= 0.3 is 0 Å². The highest BCUT2D eigenvalue weighted by molar-refractivity contribution is 5.92. The number of carbonyl (C=O) groups excluding carboxylic acids is 1. The summed E-state index contributed by atoms with van der Waals surface area (Å²) in [6.07, 6.45) is 4.41. The largest absolute Gasteiger partial charge is 0.337 e. The van der Waals surface area contributed by atoms with Gasteiger partial charge < -0.3 is 4.90 Å². The van der Waals surface area contributed by atoms with E-state index in [1.165, 1.54) is 6.42 Å². The van der Waals surface area contributed by atoms with E-state index in [9.17, 15) is 4.79 Å². The van der Waals surface area contributed by atoms with Crippen molar-refractivity contribution in [1.82, 2.24) is 14.9 Å². The third kappa shape index (κ3) is 2.81. The Kier molecular flexibility index (Phi) is 3.41. The summed E-state index contributed by atoms with van der Waals surface area (Å²) in [6.45, 7) is 7.91. The lowest BCUT2D eigenvalue weighted by atomic mass is 9.92. The quantitative estimate of drug-likeness (QED) is 0.744. The van der Waals surface area contributed by atoms with Crippen LogP contribution in [0.4, 0.5) is 0 Å². The van der Waals surface area contributed by atoms with Crippen molar-refractivity contribution in [2.75, 3.05) is 13.1 Å². The van der Waals surface area contributed by atoms with Crippen molar-refractivity contribution in [1.29, 1.82) is 0 Å². The lowest BCUT2D eigenvalue weighted by Gasteiger charge is -2.34. The number of rotatable bonds is 1. The Balaban J connectivity index is 2.11. The van der Waals surface area contributed by atoms with Crippen LogP contribution in [-0.4, -0.2) is 33.9 Å². The smallest absolute Gasteiger partial charge is 0.274 e. The first kappa shape index (κ1) is 12.0. The van der Waals surface area contributed by atoms with Gasteiger partial charge in [0.15, 0.2) is 0 Å². The number of piperidine rings is 1. The molecule has 0 bridgehead atoms. The predicted octanol–water partition coefficient (Wildman–Crippen LogP) is 1.90. The first-order chi connectivity index (χ1) is 8.06. The maximum absolute atomic E-state index is 12.2. The number of likely N-dealkylation sites (tertiary alicyclic amines) is 1. The van der Waals surface area contributed by atoms with Crippen LogP contribution in [0, 0.1) is 18.8 Å². The van der Waals surface area contributed by atoms with Gasteiger partial charge in [-0.25, -0.2) is 4.98 Å². The van der Waals surface area contributed by atoms with Gasteiger partial charge in [-0.2, -0.15) is 0 Å². The third-order valence-corrected chi connectivity index (χ3v) is 3.16. The summed E-state index contributed by atoms with van der Waals surface area (Å²) in [5.41, 5.74) is 1.29. The fourth-order valence-electron chi connectivity index (χ4n) is 2.49. The van der Waals surface area contributed by atoms with E-state index in [-0.39, 0.29) is 5.91 Å². The van der Waals surface area contributed by atoms with Gasteiger partial charge in [0.1, 0.15) is 5.69 Å². The Morgan fingerprint density at radius 3 is 2.41 bits per heavy atom. The van der Waals surface area contributed by atoms with Gasteiger partial charge in [0.05, 0.1) is 11.9 Å². The highest BCUT2D eigenvalue weighted by atomic mass is 16.2. The minimum Gasteiger partial charge on any atom is -0.337 e. The standard InChI is InChI=1S/C13H19N3O/c1-9-4-10(2)8-16(7-9)13(17)12-6-14-11(3)5-15-12/h5-6,9-10H,4,7-8H2,1-3H3. The van der Waals surface area contributed by atoms with E-state index < -0.39 is 0 Å². The van der Waals surface area contributed by atoms with Gasteiger partial charge in [-0.3, -0.25) is 9.78 Å². The van der Waals surface area contributed by atoms with E-state index in [1.807, 2.05) is 11.8 Å². The molecule has 92 valence electrons. The van der Waals surface area contributed by atoms with Crippen LogP contribution >= 0.6 is 0 Å². The molecular formula is C13H19N3O. The molecule has 1 saturated heterocycles. The number of carbonyl (C=O) groups is 1. The van der Waals surface area contributed by atoms with Crippen molar-refractivity contribution >= 4 is 5.91 Å². The van der Waals surface area contributed by atoms with E-state index in [2.05, 4.69) is 23.8 Å². The molecule has 1 aliphatic rings. The first-order valence-electron chi connectivity index (χ1n) is 6.14.